The molecule has 2 nitrogen and oxygen atoms in total. The van der Waals surface area contributed by atoms with Gasteiger partial charge in [-0.2, -0.15) is 13.2 Å². The largest absolute Gasteiger partial charge is 0.492 e. The second-order valence-electron chi connectivity index (χ2n) is 5.85. The van der Waals surface area contributed by atoms with Gasteiger partial charge in [-0.25, -0.2) is 0 Å². The number of carbonyl (C=O) groups is 1. The second kappa shape index (κ2) is 5.35. The van der Waals surface area contributed by atoms with Gasteiger partial charge in [0.2, 0.25) is 0 Å². The van der Waals surface area contributed by atoms with Gasteiger partial charge in [-0.05, 0) is 37.3 Å². The molecule has 1 saturated carbocycles. The molecule has 1 heterocycles. The van der Waals surface area contributed by atoms with E-state index in [9.17, 15) is 18.0 Å². The van der Waals surface area contributed by atoms with Crippen molar-refractivity contribution >= 4 is 5.78 Å². The lowest BCUT2D eigenvalue weighted by Crippen LogP contribution is -2.30. The SMILES string of the molecule is O=C(c1cccc2c1OCC2)C1CCC(C(F)(F)F)CC1. The van der Waals surface area contributed by atoms with Crippen molar-refractivity contribution < 1.29 is 22.7 Å². The highest BCUT2D eigenvalue weighted by molar-refractivity contribution is 6.00. The summed E-state index contributed by atoms with van der Waals surface area (Å²) in [5.41, 5.74) is 1.56. The van der Waals surface area contributed by atoms with Crippen LogP contribution in [0.5, 0.6) is 5.75 Å². The van der Waals surface area contributed by atoms with E-state index in [1.807, 2.05) is 12.1 Å². The van der Waals surface area contributed by atoms with Crippen LogP contribution in [-0.2, 0) is 6.42 Å². The number of carbonyl (C=O) groups excluding carboxylic acids is 1. The van der Waals surface area contributed by atoms with E-state index in [1.54, 1.807) is 6.07 Å². The van der Waals surface area contributed by atoms with Gasteiger partial charge in [-0.15, -0.1) is 0 Å². The standard InChI is InChI=1S/C16H17F3O2/c17-16(18,19)12-6-4-10(5-7-12)14(20)13-3-1-2-11-8-9-21-15(11)13/h1-3,10,12H,4-9H2. The van der Waals surface area contributed by atoms with E-state index >= 15 is 0 Å². The number of Topliss-reactive ketones (excluding diaryl/α,β-unsaturated/α-hetero) is 1. The predicted molar refractivity (Wildman–Crippen MR) is 71.5 cm³/mol. The van der Waals surface area contributed by atoms with Gasteiger partial charge in [-0.1, -0.05) is 12.1 Å². The van der Waals surface area contributed by atoms with E-state index in [0.29, 0.717) is 30.8 Å². The first kappa shape index (κ1) is 14.4. The maximum Gasteiger partial charge on any atom is 0.391 e. The summed E-state index contributed by atoms with van der Waals surface area (Å²) in [6.07, 6.45) is -2.62. The monoisotopic (exact) mass is 298 g/mol. The van der Waals surface area contributed by atoms with E-state index in [1.165, 1.54) is 0 Å². The first-order chi connectivity index (χ1) is 9.97. The summed E-state index contributed by atoms with van der Waals surface area (Å²) >= 11 is 0. The maximum atomic E-state index is 12.7. The third-order valence-corrected chi connectivity index (χ3v) is 4.54. The van der Waals surface area contributed by atoms with Crippen molar-refractivity contribution in [3.8, 4) is 5.75 Å². The number of ketones is 1. The Balaban J connectivity index is 1.72. The molecular weight excluding hydrogens is 281 g/mol. The Morgan fingerprint density at radius 2 is 1.86 bits per heavy atom. The fourth-order valence-electron chi connectivity index (χ4n) is 3.31. The smallest absolute Gasteiger partial charge is 0.391 e. The minimum absolute atomic E-state index is 0.0514. The van der Waals surface area contributed by atoms with Crippen LogP contribution in [0.4, 0.5) is 13.2 Å². The molecule has 1 aliphatic heterocycles. The molecule has 0 aromatic heterocycles. The normalized spacial score (nSPS) is 25.3. The van der Waals surface area contributed by atoms with E-state index in [0.717, 1.165) is 12.0 Å². The highest BCUT2D eigenvalue weighted by atomic mass is 19.4. The Morgan fingerprint density at radius 3 is 2.52 bits per heavy atom. The number of para-hydroxylation sites is 1. The third kappa shape index (κ3) is 2.78. The summed E-state index contributed by atoms with van der Waals surface area (Å²) in [5.74, 6) is -0.978. The molecule has 1 aromatic rings. The number of alkyl halides is 3. The van der Waals surface area contributed by atoms with E-state index in [2.05, 4.69) is 0 Å². The first-order valence-electron chi connectivity index (χ1n) is 7.32. The lowest BCUT2D eigenvalue weighted by molar-refractivity contribution is -0.183. The van der Waals surface area contributed by atoms with Gasteiger partial charge in [0.15, 0.2) is 5.78 Å². The zero-order chi connectivity index (χ0) is 15.0. The Kier molecular flexibility index (Phi) is 3.68. The molecule has 0 bridgehead atoms. The summed E-state index contributed by atoms with van der Waals surface area (Å²) in [4.78, 5) is 12.6. The van der Waals surface area contributed by atoms with Crippen molar-refractivity contribution in [2.24, 2.45) is 11.8 Å². The number of hydrogen-bond donors (Lipinski definition) is 0. The van der Waals surface area contributed by atoms with E-state index < -0.39 is 12.1 Å². The Labute approximate surface area is 121 Å². The van der Waals surface area contributed by atoms with Crippen LogP contribution in [-0.4, -0.2) is 18.6 Å². The van der Waals surface area contributed by atoms with E-state index in [-0.39, 0.29) is 24.5 Å². The molecule has 0 N–H and O–H groups in total. The van der Waals surface area contributed by atoms with Crippen LogP contribution in [0.1, 0.15) is 41.6 Å². The number of ether oxygens (including phenoxy) is 1. The highest BCUT2D eigenvalue weighted by Gasteiger charge is 2.42. The van der Waals surface area contributed by atoms with Crippen LogP contribution < -0.4 is 4.74 Å². The van der Waals surface area contributed by atoms with Crippen molar-refractivity contribution in [3.63, 3.8) is 0 Å². The Morgan fingerprint density at radius 1 is 1.14 bits per heavy atom. The maximum absolute atomic E-state index is 12.7. The van der Waals surface area contributed by atoms with Crippen molar-refractivity contribution in [2.45, 2.75) is 38.3 Å². The average molecular weight is 298 g/mol. The fourth-order valence-corrected chi connectivity index (χ4v) is 3.31. The van der Waals surface area contributed by atoms with Gasteiger partial charge in [0.05, 0.1) is 18.1 Å². The van der Waals surface area contributed by atoms with E-state index in [4.69, 9.17) is 4.74 Å². The molecule has 5 heteroatoms. The quantitative estimate of drug-likeness (QED) is 0.766. The summed E-state index contributed by atoms with van der Waals surface area (Å²) < 4.78 is 43.5. The Hall–Kier alpha value is -1.52. The minimum atomic E-state index is -4.13. The molecule has 21 heavy (non-hydrogen) atoms. The summed E-state index contributed by atoms with van der Waals surface area (Å²) in [5, 5.41) is 0. The van der Waals surface area contributed by atoms with Gasteiger partial charge in [-0.3, -0.25) is 4.79 Å². The van der Waals surface area contributed by atoms with Crippen LogP contribution in [0, 0.1) is 11.8 Å². The molecule has 1 fully saturated rings. The number of fused-ring (bicyclic) bond motifs is 1. The van der Waals surface area contributed by atoms with Crippen LogP contribution in [0.15, 0.2) is 18.2 Å². The first-order valence-corrected chi connectivity index (χ1v) is 7.32. The molecule has 0 radical (unpaired) electrons. The fraction of sp³-hybridized carbons (Fsp3) is 0.562. The van der Waals surface area contributed by atoms with Gasteiger partial charge in [0, 0.05) is 12.3 Å². The van der Waals surface area contributed by atoms with Crippen molar-refractivity contribution in [1.82, 2.24) is 0 Å². The molecule has 1 aromatic carbocycles. The molecule has 114 valence electrons. The average Bonchev–Trinajstić information content (AvgIpc) is 2.94. The number of benzene rings is 1. The van der Waals surface area contributed by atoms with Crippen LogP contribution in [0.2, 0.25) is 0 Å². The molecule has 0 spiro atoms. The van der Waals surface area contributed by atoms with Crippen LogP contribution in [0.25, 0.3) is 0 Å². The molecule has 1 aliphatic carbocycles. The van der Waals surface area contributed by atoms with Crippen molar-refractivity contribution in [1.29, 1.82) is 0 Å². The lowest BCUT2D eigenvalue weighted by Gasteiger charge is -2.29. The van der Waals surface area contributed by atoms with Gasteiger partial charge >= 0.3 is 6.18 Å². The van der Waals surface area contributed by atoms with Gasteiger partial charge < -0.3 is 4.74 Å². The van der Waals surface area contributed by atoms with Crippen LogP contribution in [0.3, 0.4) is 0 Å². The lowest BCUT2D eigenvalue weighted by atomic mass is 9.78. The molecule has 0 unspecified atom stereocenters. The zero-order valence-electron chi connectivity index (χ0n) is 11.6. The second-order valence-corrected chi connectivity index (χ2v) is 5.85. The van der Waals surface area contributed by atoms with Crippen LogP contribution >= 0.6 is 0 Å². The third-order valence-electron chi connectivity index (χ3n) is 4.54. The zero-order valence-corrected chi connectivity index (χ0v) is 11.6. The number of hydrogen-bond acceptors (Lipinski definition) is 2. The molecule has 0 atom stereocenters. The predicted octanol–water partition coefficient (Wildman–Crippen LogP) is 4.17. The molecule has 2 aliphatic rings. The number of halogens is 3. The Bertz CT molecular complexity index is 543. The molecule has 0 saturated heterocycles. The summed E-state index contributed by atoms with van der Waals surface area (Å²) in [7, 11) is 0. The topological polar surface area (TPSA) is 26.3 Å². The molecule has 3 rings (SSSR count). The van der Waals surface area contributed by atoms with Gasteiger partial charge in [0.25, 0.3) is 0 Å². The van der Waals surface area contributed by atoms with Crippen molar-refractivity contribution in [3.05, 3.63) is 29.3 Å². The van der Waals surface area contributed by atoms with Gasteiger partial charge in [0.1, 0.15) is 5.75 Å². The summed E-state index contributed by atoms with van der Waals surface area (Å²) in [6, 6.07) is 5.48. The molecule has 0 amide bonds. The number of rotatable bonds is 2. The minimum Gasteiger partial charge on any atom is -0.492 e. The molecular formula is C16H17F3O2. The highest BCUT2D eigenvalue weighted by Crippen LogP contribution is 2.41. The summed E-state index contributed by atoms with van der Waals surface area (Å²) in [6.45, 7) is 0.570. The van der Waals surface area contributed by atoms with Crippen molar-refractivity contribution in [2.75, 3.05) is 6.61 Å².